The van der Waals surface area contributed by atoms with Crippen molar-refractivity contribution in [2.45, 2.75) is 26.4 Å². The van der Waals surface area contributed by atoms with Gasteiger partial charge >= 0.3 is 0 Å². The first-order chi connectivity index (χ1) is 17.3. The number of nitrogens with one attached hydrogen (secondary N) is 2. The fourth-order valence-corrected chi connectivity index (χ4v) is 5.90. The number of aliphatic hydroxyl groups is 1. The summed E-state index contributed by atoms with van der Waals surface area (Å²) in [5, 5.41) is 13.6. The minimum absolute atomic E-state index is 0.00906. The van der Waals surface area contributed by atoms with Crippen LogP contribution in [0, 0.1) is 0 Å². The quantitative estimate of drug-likeness (QED) is 0.256. The summed E-state index contributed by atoms with van der Waals surface area (Å²) in [5.41, 5.74) is 2.90. The van der Waals surface area contributed by atoms with Crippen LogP contribution in [0.3, 0.4) is 0 Å². The maximum absolute atomic E-state index is 12.4. The third-order valence-electron chi connectivity index (χ3n) is 4.99. The number of nitrogens with zero attached hydrogens (tertiary/aromatic N) is 4. The number of sulfonamides is 1. The summed E-state index contributed by atoms with van der Waals surface area (Å²) < 4.78 is 27.4. The van der Waals surface area contributed by atoms with Gasteiger partial charge in [0.15, 0.2) is 0 Å². The number of aromatic nitrogens is 4. The number of pyridine rings is 1. The maximum atomic E-state index is 12.4. The fraction of sp³-hybridized carbons (Fsp3) is 0.250. The minimum Gasteiger partial charge on any atom is -0.392 e. The number of thiazole rings is 1. The zero-order valence-electron chi connectivity index (χ0n) is 19.6. The van der Waals surface area contributed by atoms with Crippen molar-refractivity contribution < 1.29 is 13.5 Å². The molecule has 0 unspecified atom stereocenters. The van der Waals surface area contributed by atoms with E-state index < -0.39 is 16.1 Å². The highest BCUT2D eigenvalue weighted by Crippen LogP contribution is 2.43. The Labute approximate surface area is 218 Å². The van der Waals surface area contributed by atoms with Crippen LogP contribution in [0.15, 0.2) is 55.0 Å². The largest absolute Gasteiger partial charge is 0.392 e. The monoisotopic (exact) mass is 544 g/mol. The summed E-state index contributed by atoms with van der Waals surface area (Å²) in [6, 6.07) is 10.6. The lowest BCUT2D eigenvalue weighted by Gasteiger charge is -2.12. The highest BCUT2D eigenvalue weighted by molar-refractivity contribution is 7.92. The zero-order valence-corrected chi connectivity index (χ0v) is 22.0. The maximum Gasteiger partial charge on any atom is 0.232 e. The molecule has 0 fully saturated rings. The second-order valence-electron chi connectivity index (χ2n) is 8.02. The van der Waals surface area contributed by atoms with E-state index in [1.807, 2.05) is 12.1 Å². The zero-order chi connectivity index (χ0) is 25.7. The number of rotatable bonds is 10. The van der Waals surface area contributed by atoms with E-state index in [1.165, 1.54) is 11.3 Å². The standard InChI is InChI=1S/C24H25ClN6O3S2/c1-3-13-36(33,34)31-18-6-4-5-17(20(18)25)21-22(35-23(30-21)16-7-10-26-11-8-16)19-9-12-27-24(29-19)28-14-15(2)32/h4-12,15,31-32H,3,13-14H2,1-2H3,(H,27,28,29)/t15-/m0/s1. The number of benzene rings is 1. The van der Waals surface area contributed by atoms with Crippen molar-refractivity contribution in [2.24, 2.45) is 0 Å². The van der Waals surface area contributed by atoms with Crippen molar-refractivity contribution in [1.82, 2.24) is 19.9 Å². The van der Waals surface area contributed by atoms with Gasteiger partial charge in [-0.1, -0.05) is 30.7 Å². The smallest absolute Gasteiger partial charge is 0.232 e. The van der Waals surface area contributed by atoms with Crippen LogP contribution in [0.4, 0.5) is 11.6 Å². The Bertz CT molecular complexity index is 1450. The average Bonchev–Trinajstić information content (AvgIpc) is 3.30. The molecule has 12 heteroatoms. The Balaban J connectivity index is 1.83. The fourth-order valence-electron chi connectivity index (χ4n) is 3.38. The van der Waals surface area contributed by atoms with Crippen LogP contribution in [-0.2, 0) is 10.0 Å². The molecule has 3 aromatic heterocycles. The number of hydrogen-bond acceptors (Lipinski definition) is 9. The molecular formula is C24H25ClN6O3S2. The number of aliphatic hydroxyl groups excluding tert-OH is 1. The summed E-state index contributed by atoms with van der Waals surface area (Å²) in [6.45, 7) is 3.77. The Kier molecular flexibility index (Phi) is 8.14. The number of halogens is 1. The van der Waals surface area contributed by atoms with Crippen LogP contribution in [0.25, 0.3) is 32.4 Å². The van der Waals surface area contributed by atoms with E-state index >= 15 is 0 Å². The molecule has 9 nitrogen and oxygen atoms in total. The lowest BCUT2D eigenvalue weighted by molar-refractivity contribution is 0.208. The average molecular weight is 545 g/mol. The Hall–Kier alpha value is -3.12. The van der Waals surface area contributed by atoms with Crippen LogP contribution < -0.4 is 10.0 Å². The Morgan fingerprint density at radius 2 is 1.89 bits per heavy atom. The van der Waals surface area contributed by atoms with Crippen molar-refractivity contribution in [3.63, 3.8) is 0 Å². The van der Waals surface area contributed by atoms with Gasteiger partial charge in [-0.25, -0.2) is 23.4 Å². The van der Waals surface area contributed by atoms with Gasteiger partial charge in [-0.3, -0.25) is 9.71 Å². The summed E-state index contributed by atoms with van der Waals surface area (Å²) in [5.74, 6) is 0.357. The normalized spacial score (nSPS) is 12.3. The van der Waals surface area contributed by atoms with Gasteiger partial charge in [0.25, 0.3) is 0 Å². The lowest BCUT2D eigenvalue weighted by Crippen LogP contribution is -2.16. The SMILES string of the molecule is CCCS(=O)(=O)Nc1cccc(-c2nc(-c3ccncc3)sc2-c2ccnc(NC[C@H](C)O)n2)c1Cl. The van der Waals surface area contributed by atoms with E-state index in [1.54, 1.807) is 56.7 Å². The van der Waals surface area contributed by atoms with Gasteiger partial charge in [0.2, 0.25) is 16.0 Å². The van der Waals surface area contributed by atoms with Gasteiger partial charge in [0, 0.05) is 36.3 Å². The first-order valence-corrected chi connectivity index (χ1v) is 14.1. The molecular weight excluding hydrogens is 520 g/mol. The Morgan fingerprint density at radius 1 is 1.11 bits per heavy atom. The van der Waals surface area contributed by atoms with E-state index in [0.29, 0.717) is 35.9 Å². The molecule has 1 atom stereocenters. The number of anilines is 2. The summed E-state index contributed by atoms with van der Waals surface area (Å²) in [6.07, 6.45) is 4.92. The van der Waals surface area contributed by atoms with Crippen molar-refractivity contribution in [3.8, 4) is 32.4 Å². The molecule has 188 valence electrons. The van der Waals surface area contributed by atoms with Crippen molar-refractivity contribution in [3.05, 3.63) is 60.0 Å². The van der Waals surface area contributed by atoms with Crippen LogP contribution in [0.2, 0.25) is 5.02 Å². The van der Waals surface area contributed by atoms with E-state index in [4.69, 9.17) is 16.6 Å². The molecule has 0 bridgehead atoms. The highest BCUT2D eigenvalue weighted by Gasteiger charge is 2.22. The van der Waals surface area contributed by atoms with E-state index in [9.17, 15) is 13.5 Å². The van der Waals surface area contributed by atoms with Gasteiger partial charge < -0.3 is 10.4 Å². The minimum atomic E-state index is -3.53. The summed E-state index contributed by atoms with van der Waals surface area (Å²) >= 11 is 8.16. The molecule has 0 aliphatic carbocycles. The predicted octanol–water partition coefficient (Wildman–Crippen LogP) is 4.93. The van der Waals surface area contributed by atoms with E-state index in [-0.39, 0.29) is 16.5 Å². The third kappa shape index (κ3) is 6.16. The van der Waals surface area contributed by atoms with Crippen LogP contribution in [0.5, 0.6) is 0 Å². The van der Waals surface area contributed by atoms with E-state index in [0.717, 1.165) is 15.4 Å². The van der Waals surface area contributed by atoms with Crippen LogP contribution in [-0.4, -0.2) is 51.9 Å². The molecule has 0 aliphatic rings. The molecule has 4 aromatic rings. The highest BCUT2D eigenvalue weighted by atomic mass is 35.5. The van der Waals surface area contributed by atoms with Crippen LogP contribution >= 0.6 is 22.9 Å². The summed E-state index contributed by atoms with van der Waals surface area (Å²) in [7, 11) is -3.53. The molecule has 36 heavy (non-hydrogen) atoms. The molecule has 1 aromatic carbocycles. The topological polar surface area (TPSA) is 130 Å². The third-order valence-corrected chi connectivity index (χ3v) is 8.00. The molecule has 0 saturated heterocycles. The van der Waals surface area contributed by atoms with Gasteiger partial charge in [-0.2, -0.15) is 0 Å². The van der Waals surface area contributed by atoms with Gasteiger partial charge in [0.05, 0.1) is 38.8 Å². The molecule has 0 spiro atoms. The van der Waals surface area contributed by atoms with Crippen molar-refractivity contribution in [2.75, 3.05) is 22.3 Å². The first-order valence-electron chi connectivity index (χ1n) is 11.2. The van der Waals surface area contributed by atoms with Gasteiger partial charge in [0.1, 0.15) is 5.01 Å². The molecule has 4 rings (SSSR count). The van der Waals surface area contributed by atoms with Gasteiger partial charge in [-0.05, 0) is 37.6 Å². The second-order valence-corrected chi connectivity index (χ2v) is 11.2. The second kappa shape index (κ2) is 11.3. The molecule has 0 radical (unpaired) electrons. The molecule has 0 aliphatic heterocycles. The first kappa shape index (κ1) is 26.0. The Morgan fingerprint density at radius 3 is 2.61 bits per heavy atom. The molecule has 3 N–H and O–H groups in total. The molecule has 0 saturated carbocycles. The molecule has 3 heterocycles. The van der Waals surface area contributed by atoms with Crippen molar-refractivity contribution >= 4 is 44.6 Å². The lowest BCUT2D eigenvalue weighted by atomic mass is 10.1. The predicted molar refractivity (Wildman–Crippen MR) is 145 cm³/mol. The van der Waals surface area contributed by atoms with E-state index in [2.05, 4.69) is 25.0 Å². The number of hydrogen-bond donors (Lipinski definition) is 3. The summed E-state index contributed by atoms with van der Waals surface area (Å²) in [4.78, 5) is 18.5. The molecule has 0 amide bonds. The van der Waals surface area contributed by atoms with Crippen LogP contribution in [0.1, 0.15) is 20.3 Å². The van der Waals surface area contributed by atoms with Crippen molar-refractivity contribution in [1.29, 1.82) is 0 Å². The van der Waals surface area contributed by atoms with Gasteiger partial charge in [-0.15, -0.1) is 11.3 Å².